The number of rotatable bonds is 7. The third-order valence-corrected chi connectivity index (χ3v) is 5.50. The molecule has 1 unspecified atom stereocenters. The van der Waals surface area contributed by atoms with Crippen molar-refractivity contribution >= 4 is 41.7 Å². The predicted molar refractivity (Wildman–Crippen MR) is 124 cm³/mol. The molecule has 2 aromatic rings. The molecule has 1 aliphatic heterocycles. The monoisotopic (exact) mass is 500 g/mol. The number of nitrogens with zero attached hydrogens (tertiary/aromatic N) is 2. The molecule has 0 aliphatic carbocycles. The maximum atomic E-state index is 5.68. The second-order valence-corrected chi connectivity index (χ2v) is 7.31. The maximum absolute atomic E-state index is 5.68. The third kappa shape index (κ3) is 6.43. The van der Waals surface area contributed by atoms with Gasteiger partial charge in [-0.1, -0.05) is 12.1 Å². The highest BCUT2D eigenvalue weighted by atomic mass is 127. The van der Waals surface area contributed by atoms with Crippen molar-refractivity contribution in [1.29, 1.82) is 0 Å². The summed E-state index contributed by atoms with van der Waals surface area (Å²) in [5.74, 6) is 1.83. The minimum atomic E-state index is 0. The summed E-state index contributed by atoms with van der Waals surface area (Å²) in [7, 11) is 1.81. The van der Waals surface area contributed by atoms with Crippen molar-refractivity contribution in [3.8, 4) is 0 Å². The number of nitrogens with one attached hydrogen (secondary N) is 2. The van der Waals surface area contributed by atoms with Crippen LogP contribution in [0.3, 0.4) is 0 Å². The third-order valence-electron chi connectivity index (χ3n) is 4.76. The van der Waals surface area contributed by atoms with Gasteiger partial charge in [-0.2, -0.15) is 0 Å². The topological polar surface area (TPSA) is 52.8 Å². The Morgan fingerprint density at radius 2 is 1.93 bits per heavy atom. The Kier molecular flexibility index (Phi) is 9.50. The molecule has 0 radical (unpaired) electrons. The number of guanidine groups is 1. The van der Waals surface area contributed by atoms with Crippen LogP contribution in [0.2, 0.25) is 0 Å². The largest absolute Gasteiger partial charge is 0.468 e. The Bertz CT molecular complexity index is 685. The number of furan rings is 1. The van der Waals surface area contributed by atoms with Gasteiger partial charge in [-0.3, -0.25) is 9.89 Å². The minimum absolute atomic E-state index is 0. The fraction of sp³-hybridized carbons (Fsp3) is 0.450. The van der Waals surface area contributed by atoms with Crippen molar-refractivity contribution in [2.24, 2.45) is 4.99 Å². The second-order valence-electron chi connectivity index (χ2n) is 6.43. The van der Waals surface area contributed by atoms with Crippen molar-refractivity contribution in [3.05, 3.63) is 54.0 Å². The number of aliphatic imine (C=N–C) groups is 1. The fourth-order valence-electron chi connectivity index (χ4n) is 3.29. The molecule has 0 spiro atoms. The van der Waals surface area contributed by atoms with E-state index in [9.17, 15) is 0 Å². The fourth-order valence-corrected chi connectivity index (χ4v) is 3.70. The molecular formula is C20H29IN4OS. The number of hydrogen-bond acceptors (Lipinski definition) is 4. The number of thioether (sulfide) groups is 1. The van der Waals surface area contributed by atoms with Crippen LogP contribution in [-0.2, 0) is 6.54 Å². The van der Waals surface area contributed by atoms with Gasteiger partial charge < -0.3 is 15.1 Å². The summed E-state index contributed by atoms with van der Waals surface area (Å²) in [5.41, 5.74) is 1.24. The number of likely N-dealkylation sites (tertiary alicyclic amines) is 1. The summed E-state index contributed by atoms with van der Waals surface area (Å²) in [6.45, 7) is 3.78. The summed E-state index contributed by atoms with van der Waals surface area (Å²) < 4.78 is 5.68. The molecule has 2 heterocycles. The molecule has 148 valence electrons. The molecule has 0 saturated carbocycles. The van der Waals surface area contributed by atoms with E-state index in [0.717, 1.165) is 37.9 Å². The zero-order valence-corrected chi connectivity index (χ0v) is 19.1. The molecule has 1 fully saturated rings. The number of benzene rings is 1. The Balaban J connectivity index is 0.00000261. The van der Waals surface area contributed by atoms with Gasteiger partial charge >= 0.3 is 0 Å². The van der Waals surface area contributed by atoms with Crippen LogP contribution < -0.4 is 10.6 Å². The first-order valence-corrected chi connectivity index (χ1v) is 10.4. The zero-order chi connectivity index (χ0) is 18.2. The molecule has 27 heavy (non-hydrogen) atoms. The molecule has 5 nitrogen and oxygen atoms in total. The molecular weight excluding hydrogens is 471 g/mol. The van der Waals surface area contributed by atoms with Gasteiger partial charge in [0.05, 0.1) is 12.3 Å². The summed E-state index contributed by atoms with van der Waals surface area (Å²) in [6.07, 6.45) is 6.37. The van der Waals surface area contributed by atoms with Crippen LogP contribution in [0.4, 0.5) is 0 Å². The lowest BCUT2D eigenvalue weighted by Crippen LogP contribution is -2.42. The minimum Gasteiger partial charge on any atom is -0.468 e. The van der Waals surface area contributed by atoms with E-state index in [1.807, 2.05) is 13.1 Å². The Labute approximate surface area is 183 Å². The Morgan fingerprint density at radius 3 is 2.52 bits per heavy atom. The van der Waals surface area contributed by atoms with Gasteiger partial charge in [-0.25, -0.2) is 0 Å². The molecule has 0 bridgehead atoms. The molecule has 1 atom stereocenters. The molecule has 1 aromatic heterocycles. The van der Waals surface area contributed by atoms with Crippen LogP contribution in [0.5, 0.6) is 0 Å². The van der Waals surface area contributed by atoms with Gasteiger partial charge in [0, 0.05) is 25.0 Å². The number of halogens is 1. The highest BCUT2D eigenvalue weighted by molar-refractivity contribution is 14.0. The van der Waals surface area contributed by atoms with Crippen LogP contribution in [0.25, 0.3) is 0 Å². The average molecular weight is 500 g/mol. The summed E-state index contributed by atoms with van der Waals surface area (Å²) in [5, 5.41) is 6.86. The summed E-state index contributed by atoms with van der Waals surface area (Å²) in [4.78, 5) is 8.12. The van der Waals surface area contributed by atoms with E-state index in [1.165, 1.54) is 23.3 Å². The second kappa shape index (κ2) is 11.6. The average Bonchev–Trinajstić information content (AvgIpc) is 3.39. The van der Waals surface area contributed by atoms with Crippen LogP contribution in [0, 0.1) is 0 Å². The van der Waals surface area contributed by atoms with E-state index in [-0.39, 0.29) is 30.0 Å². The predicted octanol–water partition coefficient (Wildman–Crippen LogP) is 4.12. The first-order valence-electron chi connectivity index (χ1n) is 9.15. The van der Waals surface area contributed by atoms with Crippen LogP contribution in [0.1, 0.15) is 30.2 Å². The molecule has 2 N–H and O–H groups in total. The lowest BCUT2D eigenvalue weighted by Gasteiger charge is -2.26. The maximum Gasteiger partial charge on any atom is 0.191 e. The van der Waals surface area contributed by atoms with E-state index in [4.69, 9.17) is 4.42 Å². The van der Waals surface area contributed by atoms with Crippen LogP contribution >= 0.6 is 35.7 Å². The standard InChI is InChI=1S/C20H28N4OS.HI/c1-21-20(22-14-16-7-9-17(26-2)10-8-16)23-15-18(19-6-5-13-25-19)24-11-3-4-12-24;/h5-10,13,18H,3-4,11-12,14-15H2,1-2H3,(H2,21,22,23);1H. The number of hydrogen-bond donors (Lipinski definition) is 2. The van der Waals surface area contributed by atoms with E-state index >= 15 is 0 Å². The first-order chi connectivity index (χ1) is 12.8. The van der Waals surface area contributed by atoms with Crippen LogP contribution in [-0.4, -0.2) is 43.8 Å². The van der Waals surface area contributed by atoms with E-state index in [2.05, 4.69) is 57.1 Å². The molecule has 1 aliphatic rings. The Morgan fingerprint density at radius 1 is 1.19 bits per heavy atom. The van der Waals surface area contributed by atoms with E-state index < -0.39 is 0 Å². The molecule has 3 rings (SSSR count). The quantitative estimate of drug-likeness (QED) is 0.259. The van der Waals surface area contributed by atoms with Gasteiger partial charge in [0.15, 0.2) is 5.96 Å². The van der Waals surface area contributed by atoms with Gasteiger partial charge in [-0.05, 0) is 62.0 Å². The lowest BCUT2D eigenvalue weighted by molar-refractivity contribution is 0.215. The lowest BCUT2D eigenvalue weighted by atomic mass is 10.2. The molecule has 1 aromatic carbocycles. The van der Waals surface area contributed by atoms with Gasteiger partial charge in [0.2, 0.25) is 0 Å². The van der Waals surface area contributed by atoms with Crippen molar-refractivity contribution in [3.63, 3.8) is 0 Å². The first kappa shape index (κ1) is 22.1. The zero-order valence-electron chi connectivity index (χ0n) is 16.0. The highest BCUT2D eigenvalue weighted by Gasteiger charge is 2.25. The van der Waals surface area contributed by atoms with Gasteiger partial charge in [-0.15, -0.1) is 35.7 Å². The van der Waals surface area contributed by atoms with E-state index in [0.29, 0.717) is 0 Å². The summed E-state index contributed by atoms with van der Waals surface area (Å²) in [6, 6.07) is 12.9. The SMILES string of the molecule is CN=C(NCc1ccc(SC)cc1)NCC(c1ccco1)N1CCCC1.I. The smallest absolute Gasteiger partial charge is 0.191 e. The molecule has 0 amide bonds. The normalized spacial score (nSPS) is 16.0. The summed E-state index contributed by atoms with van der Waals surface area (Å²) >= 11 is 1.76. The van der Waals surface area contributed by atoms with Gasteiger partial charge in [0.1, 0.15) is 5.76 Å². The van der Waals surface area contributed by atoms with Crippen molar-refractivity contribution in [2.75, 3.05) is 32.9 Å². The van der Waals surface area contributed by atoms with Crippen LogP contribution in [0.15, 0.2) is 57.0 Å². The van der Waals surface area contributed by atoms with Crippen molar-refractivity contribution in [1.82, 2.24) is 15.5 Å². The van der Waals surface area contributed by atoms with E-state index in [1.54, 1.807) is 18.0 Å². The van der Waals surface area contributed by atoms with Gasteiger partial charge in [0.25, 0.3) is 0 Å². The molecule has 7 heteroatoms. The Hall–Kier alpha value is -1.19. The van der Waals surface area contributed by atoms with Crippen molar-refractivity contribution in [2.45, 2.75) is 30.3 Å². The highest BCUT2D eigenvalue weighted by Crippen LogP contribution is 2.24. The molecule has 1 saturated heterocycles. The van der Waals surface area contributed by atoms with Crippen molar-refractivity contribution < 1.29 is 4.42 Å².